The van der Waals surface area contributed by atoms with E-state index in [0.717, 1.165) is 10.9 Å². The molecule has 0 aliphatic heterocycles. The molecule has 1 amide bonds. The van der Waals surface area contributed by atoms with Crippen LogP contribution in [0.3, 0.4) is 0 Å². The highest BCUT2D eigenvalue weighted by Gasteiger charge is 2.22. The second-order valence-electron chi connectivity index (χ2n) is 5.97. The van der Waals surface area contributed by atoms with E-state index >= 15 is 0 Å². The molecule has 0 saturated heterocycles. The van der Waals surface area contributed by atoms with Gasteiger partial charge in [-0.15, -0.1) is 0 Å². The molecule has 0 unspecified atom stereocenters. The molecule has 1 atom stereocenters. The summed E-state index contributed by atoms with van der Waals surface area (Å²) in [5.74, 6) is -0.372. The summed E-state index contributed by atoms with van der Waals surface area (Å²) in [6.45, 7) is 0. The average Bonchev–Trinajstić information content (AvgIpc) is 3.04. The molecule has 0 radical (unpaired) electrons. The molecule has 0 aliphatic rings. The van der Waals surface area contributed by atoms with Gasteiger partial charge in [-0.2, -0.15) is 5.26 Å². The van der Waals surface area contributed by atoms with Crippen LogP contribution in [-0.4, -0.2) is 29.5 Å². The Morgan fingerprint density at radius 2 is 2.07 bits per heavy atom. The van der Waals surface area contributed by atoms with Crippen molar-refractivity contribution < 1.29 is 23.9 Å². The van der Waals surface area contributed by atoms with E-state index in [4.69, 9.17) is 24.4 Å². The number of nitriles is 1. The number of hydrogen-bond donors (Lipinski definition) is 3. The van der Waals surface area contributed by atoms with Gasteiger partial charge in [-0.3, -0.25) is 4.79 Å². The van der Waals surface area contributed by atoms with Crippen molar-refractivity contribution in [2.75, 3.05) is 0 Å². The van der Waals surface area contributed by atoms with Gasteiger partial charge in [-0.1, -0.05) is 30.3 Å². The van der Waals surface area contributed by atoms with Crippen molar-refractivity contribution >= 4 is 24.2 Å². The van der Waals surface area contributed by atoms with Gasteiger partial charge < -0.3 is 24.4 Å². The number of amides is 1. The molecule has 1 aromatic heterocycles. The minimum absolute atomic E-state index is 0.0308. The first-order chi connectivity index (χ1) is 13.0. The first-order valence-corrected chi connectivity index (χ1v) is 8.30. The highest BCUT2D eigenvalue weighted by molar-refractivity contribution is 6.32. The summed E-state index contributed by atoms with van der Waals surface area (Å²) < 4.78 is 10.5. The van der Waals surface area contributed by atoms with Crippen molar-refractivity contribution in [3.8, 4) is 6.07 Å². The van der Waals surface area contributed by atoms with Crippen LogP contribution in [0.15, 0.2) is 59.2 Å². The third-order valence-corrected chi connectivity index (χ3v) is 4.00. The molecular formula is C19H17BN2O5. The number of carbonyl (C=O) groups is 1. The lowest BCUT2D eigenvalue weighted by Gasteiger charge is -2.19. The van der Waals surface area contributed by atoms with E-state index in [-0.39, 0.29) is 18.7 Å². The minimum atomic E-state index is -2.03. The van der Waals surface area contributed by atoms with Crippen LogP contribution in [0.4, 0.5) is 0 Å². The molecule has 3 N–H and O–H groups in total. The zero-order valence-electron chi connectivity index (χ0n) is 14.3. The Morgan fingerprint density at radius 1 is 1.26 bits per heavy atom. The quantitative estimate of drug-likeness (QED) is 0.432. The highest BCUT2D eigenvalue weighted by Crippen LogP contribution is 2.22. The molecule has 136 valence electrons. The second kappa shape index (κ2) is 8.51. The Morgan fingerprint density at radius 3 is 2.85 bits per heavy atom. The van der Waals surface area contributed by atoms with Crippen molar-refractivity contribution in [1.82, 2.24) is 5.32 Å². The summed E-state index contributed by atoms with van der Waals surface area (Å²) in [7, 11) is -2.03. The largest absolute Gasteiger partial charge is 0.635 e. The van der Waals surface area contributed by atoms with Crippen molar-refractivity contribution in [1.29, 1.82) is 5.26 Å². The lowest BCUT2D eigenvalue weighted by atomic mass is 10.1. The summed E-state index contributed by atoms with van der Waals surface area (Å²) >= 11 is 0. The molecule has 3 aromatic rings. The van der Waals surface area contributed by atoms with Crippen LogP contribution in [0.1, 0.15) is 16.7 Å². The van der Waals surface area contributed by atoms with Gasteiger partial charge in [0.05, 0.1) is 24.3 Å². The van der Waals surface area contributed by atoms with Gasteiger partial charge >= 0.3 is 7.32 Å². The molecule has 7 nitrogen and oxygen atoms in total. The monoisotopic (exact) mass is 364 g/mol. The number of fused-ring (bicyclic) bond motifs is 1. The van der Waals surface area contributed by atoms with Crippen LogP contribution in [0.25, 0.3) is 11.0 Å². The van der Waals surface area contributed by atoms with Gasteiger partial charge in [0.25, 0.3) is 0 Å². The minimum Gasteiger partial charge on any atom is -0.464 e. The molecule has 0 spiro atoms. The summed E-state index contributed by atoms with van der Waals surface area (Å²) in [5.41, 5.74) is 2.59. The summed E-state index contributed by atoms with van der Waals surface area (Å²) in [6, 6.07) is 16.1. The van der Waals surface area contributed by atoms with Gasteiger partial charge in [0.1, 0.15) is 11.8 Å². The van der Waals surface area contributed by atoms with Crippen LogP contribution in [0.5, 0.6) is 0 Å². The number of para-hydroxylation sites is 1. The number of carbonyl (C=O) groups excluding carboxylic acids is 1. The zero-order chi connectivity index (χ0) is 19.2. The summed E-state index contributed by atoms with van der Waals surface area (Å²) in [5, 5.41) is 30.7. The van der Waals surface area contributed by atoms with E-state index < -0.39 is 13.5 Å². The topological polar surface area (TPSA) is 116 Å². The first-order valence-electron chi connectivity index (χ1n) is 8.30. The third-order valence-electron chi connectivity index (χ3n) is 4.00. The number of benzene rings is 2. The Bertz CT molecular complexity index is 979. The number of nitrogens with one attached hydrogen (secondary N) is 1. The maximum Gasteiger partial charge on any atom is 0.635 e. The molecule has 0 bridgehead atoms. The number of furan rings is 1. The maximum atomic E-state index is 12.3. The standard InChI is InChI=1S/C19H17BN2O5/c21-11-14-5-3-4-13(8-14)9-18(23)22-19(27-20(24)25)10-15-12-26-17-7-2-1-6-16(15)17/h1-8,12,19,24-25H,9-10H2,(H,22,23)/t19-/m1/s1. The van der Waals surface area contributed by atoms with Crippen LogP contribution in [-0.2, 0) is 22.3 Å². The number of hydrogen-bond acceptors (Lipinski definition) is 6. The van der Waals surface area contributed by atoms with Crippen molar-refractivity contribution in [3.63, 3.8) is 0 Å². The fourth-order valence-electron chi connectivity index (χ4n) is 2.84. The van der Waals surface area contributed by atoms with E-state index in [1.54, 1.807) is 30.5 Å². The SMILES string of the molecule is N#Cc1cccc(CC(=O)N[C@@H](Cc2coc3ccccc23)OB(O)O)c1. The van der Waals surface area contributed by atoms with Crippen LogP contribution in [0.2, 0.25) is 0 Å². The van der Waals surface area contributed by atoms with Crippen LogP contribution < -0.4 is 5.32 Å². The van der Waals surface area contributed by atoms with Crippen LogP contribution in [0, 0.1) is 11.3 Å². The Balaban J connectivity index is 1.70. The van der Waals surface area contributed by atoms with Gasteiger partial charge in [0, 0.05) is 17.4 Å². The molecule has 0 fully saturated rings. The number of rotatable bonds is 7. The molecule has 1 heterocycles. The van der Waals surface area contributed by atoms with E-state index in [0.29, 0.717) is 16.7 Å². The average molecular weight is 364 g/mol. The van der Waals surface area contributed by atoms with Crippen LogP contribution >= 0.6 is 0 Å². The van der Waals surface area contributed by atoms with Gasteiger partial charge in [0.2, 0.25) is 5.91 Å². The molecular weight excluding hydrogens is 347 g/mol. The Kier molecular flexibility index (Phi) is 5.89. The van der Waals surface area contributed by atoms with Crippen molar-refractivity contribution in [3.05, 3.63) is 71.5 Å². The van der Waals surface area contributed by atoms with E-state index in [1.807, 2.05) is 30.3 Å². The first kappa shape index (κ1) is 18.7. The fraction of sp³-hybridized carbons (Fsp3) is 0.158. The molecule has 3 rings (SSSR count). The fourth-order valence-corrected chi connectivity index (χ4v) is 2.84. The molecule has 27 heavy (non-hydrogen) atoms. The zero-order valence-corrected chi connectivity index (χ0v) is 14.3. The smallest absolute Gasteiger partial charge is 0.464 e. The maximum absolute atomic E-state index is 12.3. The number of nitrogens with zero attached hydrogens (tertiary/aromatic N) is 1. The van der Waals surface area contributed by atoms with Gasteiger partial charge in [-0.05, 0) is 23.8 Å². The molecule has 2 aromatic carbocycles. The highest BCUT2D eigenvalue weighted by atomic mass is 16.6. The van der Waals surface area contributed by atoms with E-state index in [1.165, 1.54) is 0 Å². The second-order valence-corrected chi connectivity index (χ2v) is 5.97. The molecule has 8 heteroatoms. The Hall–Kier alpha value is -3.12. The normalized spacial score (nSPS) is 11.7. The summed E-state index contributed by atoms with van der Waals surface area (Å²) in [4.78, 5) is 12.3. The lowest BCUT2D eigenvalue weighted by Crippen LogP contribution is -2.43. The predicted octanol–water partition coefficient (Wildman–Crippen LogP) is 1.52. The predicted molar refractivity (Wildman–Crippen MR) is 98.0 cm³/mol. The van der Waals surface area contributed by atoms with E-state index in [9.17, 15) is 4.79 Å². The van der Waals surface area contributed by atoms with E-state index in [2.05, 4.69) is 5.32 Å². The van der Waals surface area contributed by atoms with Crippen molar-refractivity contribution in [2.45, 2.75) is 19.1 Å². The Labute approximate surface area is 156 Å². The third kappa shape index (κ3) is 4.95. The summed E-state index contributed by atoms with van der Waals surface area (Å²) in [6.07, 6.45) is 0.812. The lowest BCUT2D eigenvalue weighted by molar-refractivity contribution is -0.123. The van der Waals surface area contributed by atoms with Gasteiger partial charge in [-0.25, -0.2) is 0 Å². The van der Waals surface area contributed by atoms with Gasteiger partial charge in [0.15, 0.2) is 0 Å². The van der Waals surface area contributed by atoms with Crippen molar-refractivity contribution in [2.24, 2.45) is 0 Å². The molecule has 0 aliphatic carbocycles. The molecule has 0 saturated carbocycles.